The molecule has 98 valence electrons. The lowest BCUT2D eigenvalue weighted by Gasteiger charge is -2.15. The zero-order valence-electron chi connectivity index (χ0n) is 10.0. The summed E-state index contributed by atoms with van der Waals surface area (Å²) in [5, 5.41) is 11.8. The fourth-order valence-electron chi connectivity index (χ4n) is 2.06. The zero-order chi connectivity index (χ0) is 13.1. The van der Waals surface area contributed by atoms with E-state index < -0.39 is 0 Å². The van der Waals surface area contributed by atoms with Gasteiger partial charge < -0.3 is 20.1 Å². The SMILES string of the molecule is COc1ccc(Br)cc1C1CN(CCO)C(=O)N1. The zero-order valence-corrected chi connectivity index (χ0v) is 11.6. The molecule has 1 fully saturated rings. The summed E-state index contributed by atoms with van der Waals surface area (Å²) in [6.07, 6.45) is 0. The van der Waals surface area contributed by atoms with Crippen LogP contribution in [0.25, 0.3) is 0 Å². The van der Waals surface area contributed by atoms with Crippen molar-refractivity contribution in [2.75, 3.05) is 26.8 Å². The molecule has 2 amide bonds. The van der Waals surface area contributed by atoms with Gasteiger partial charge in [0.25, 0.3) is 0 Å². The Bertz CT molecular complexity index is 453. The van der Waals surface area contributed by atoms with Crippen LogP contribution in [0.5, 0.6) is 5.75 Å². The molecule has 1 aromatic rings. The molecule has 1 atom stereocenters. The van der Waals surface area contributed by atoms with Crippen molar-refractivity contribution in [3.63, 3.8) is 0 Å². The van der Waals surface area contributed by atoms with Gasteiger partial charge >= 0.3 is 6.03 Å². The number of ether oxygens (including phenoxy) is 1. The highest BCUT2D eigenvalue weighted by molar-refractivity contribution is 9.10. The van der Waals surface area contributed by atoms with Gasteiger partial charge in [0.15, 0.2) is 0 Å². The van der Waals surface area contributed by atoms with Gasteiger partial charge in [-0.2, -0.15) is 0 Å². The summed E-state index contributed by atoms with van der Waals surface area (Å²) in [4.78, 5) is 13.3. The first-order valence-corrected chi connectivity index (χ1v) is 6.44. The Labute approximate surface area is 114 Å². The van der Waals surface area contributed by atoms with Gasteiger partial charge in [0.05, 0.1) is 19.8 Å². The standard InChI is InChI=1S/C12H15BrN2O3/c1-18-11-3-2-8(13)6-9(11)10-7-15(4-5-16)12(17)14-10/h2-3,6,10,16H,4-5,7H2,1H3,(H,14,17). The molecule has 5 nitrogen and oxygen atoms in total. The highest BCUT2D eigenvalue weighted by atomic mass is 79.9. The minimum Gasteiger partial charge on any atom is -0.496 e. The Morgan fingerprint density at radius 3 is 3.06 bits per heavy atom. The number of carbonyl (C=O) groups excluding carboxylic acids is 1. The van der Waals surface area contributed by atoms with Gasteiger partial charge in [-0.15, -0.1) is 0 Å². The van der Waals surface area contributed by atoms with Crippen LogP contribution in [0.4, 0.5) is 4.79 Å². The Kier molecular flexibility index (Phi) is 4.08. The first-order valence-electron chi connectivity index (χ1n) is 5.65. The summed E-state index contributed by atoms with van der Waals surface area (Å²) < 4.78 is 6.24. The number of aliphatic hydroxyl groups excluding tert-OH is 1. The number of benzene rings is 1. The van der Waals surface area contributed by atoms with Crippen molar-refractivity contribution in [2.24, 2.45) is 0 Å². The average molecular weight is 315 g/mol. The third-order valence-corrected chi connectivity index (χ3v) is 3.42. The fraction of sp³-hybridized carbons (Fsp3) is 0.417. The van der Waals surface area contributed by atoms with E-state index in [2.05, 4.69) is 21.2 Å². The van der Waals surface area contributed by atoms with Crippen LogP contribution in [0.15, 0.2) is 22.7 Å². The maximum Gasteiger partial charge on any atom is 0.318 e. The van der Waals surface area contributed by atoms with Crippen molar-refractivity contribution >= 4 is 22.0 Å². The lowest BCUT2D eigenvalue weighted by Crippen LogP contribution is -2.30. The molecule has 0 bridgehead atoms. The second kappa shape index (κ2) is 5.58. The minimum atomic E-state index is -0.156. The van der Waals surface area contributed by atoms with Crippen molar-refractivity contribution in [1.82, 2.24) is 10.2 Å². The molecule has 1 heterocycles. The van der Waals surface area contributed by atoms with E-state index in [9.17, 15) is 4.79 Å². The van der Waals surface area contributed by atoms with Crippen LogP contribution in [-0.4, -0.2) is 42.8 Å². The van der Waals surface area contributed by atoms with Gasteiger partial charge in [-0.05, 0) is 18.2 Å². The van der Waals surface area contributed by atoms with E-state index in [-0.39, 0.29) is 18.7 Å². The third kappa shape index (κ3) is 2.59. The number of nitrogens with one attached hydrogen (secondary N) is 1. The molecule has 2 rings (SSSR count). The second-order valence-electron chi connectivity index (χ2n) is 4.06. The summed E-state index contributed by atoms with van der Waals surface area (Å²) in [6.45, 7) is 0.848. The molecule has 1 saturated heterocycles. The van der Waals surface area contributed by atoms with Crippen molar-refractivity contribution in [3.8, 4) is 5.75 Å². The van der Waals surface area contributed by atoms with Crippen LogP contribution in [0.2, 0.25) is 0 Å². The maximum atomic E-state index is 11.7. The van der Waals surface area contributed by atoms with Crippen molar-refractivity contribution in [2.45, 2.75) is 6.04 Å². The second-order valence-corrected chi connectivity index (χ2v) is 4.97. The average Bonchev–Trinajstić information content (AvgIpc) is 2.71. The highest BCUT2D eigenvalue weighted by Crippen LogP contribution is 2.31. The van der Waals surface area contributed by atoms with E-state index in [0.29, 0.717) is 13.1 Å². The lowest BCUT2D eigenvalue weighted by molar-refractivity contribution is 0.196. The molecule has 1 aliphatic heterocycles. The topological polar surface area (TPSA) is 61.8 Å². The smallest absolute Gasteiger partial charge is 0.318 e. The number of amides is 2. The summed E-state index contributed by atoms with van der Waals surface area (Å²) in [5.74, 6) is 0.745. The molecule has 1 unspecified atom stereocenters. The van der Waals surface area contributed by atoms with E-state index in [1.165, 1.54) is 0 Å². The van der Waals surface area contributed by atoms with E-state index >= 15 is 0 Å². The molecule has 18 heavy (non-hydrogen) atoms. The summed E-state index contributed by atoms with van der Waals surface area (Å²) >= 11 is 3.41. The van der Waals surface area contributed by atoms with Crippen molar-refractivity contribution < 1.29 is 14.6 Å². The number of hydrogen-bond donors (Lipinski definition) is 2. The van der Waals surface area contributed by atoms with Crippen LogP contribution >= 0.6 is 15.9 Å². The van der Waals surface area contributed by atoms with Gasteiger partial charge in [0.1, 0.15) is 5.75 Å². The van der Waals surface area contributed by atoms with Crippen LogP contribution in [0, 0.1) is 0 Å². The minimum absolute atomic E-state index is 0.0320. The van der Waals surface area contributed by atoms with Gasteiger partial charge in [-0.1, -0.05) is 15.9 Å². The summed E-state index contributed by atoms with van der Waals surface area (Å²) in [5.41, 5.74) is 0.931. The van der Waals surface area contributed by atoms with E-state index in [0.717, 1.165) is 15.8 Å². The largest absolute Gasteiger partial charge is 0.496 e. The number of methoxy groups -OCH3 is 1. The number of hydrogen-bond acceptors (Lipinski definition) is 3. The number of urea groups is 1. The molecule has 0 radical (unpaired) electrons. The van der Waals surface area contributed by atoms with Gasteiger partial charge in [-0.25, -0.2) is 4.79 Å². The molecule has 2 N–H and O–H groups in total. The first kappa shape index (κ1) is 13.2. The number of β-amino-alcohol motifs (C(OH)–C–C–N with tert-alkyl or cyclic N) is 1. The monoisotopic (exact) mass is 314 g/mol. The molecule has 0 aromatic heterocycles. The molecule has 0 saturated carbocycles. The van der Waals surface area contributed by atoms with Crippen LogP contribution in [0.3, 0.4) is 0 Å². The molecule has 1 aliphatic rings. The Morgan fingerprint density at radius 2 is 2.39 bits per heavy atom. The summed E-state index contributed by atoms with van der Waals surface area (Å²) in [7, 11) is 1.61. The first-order chi connectivity index (χ1) is 8.65. The molecule has 0 spiro atoms. The maximum absolute atomic E-state index is 11.7. The fourth-order valence-corrected chi connectivity index (χ4v) is 2.44. The van der Waals surface area contributed by atoms with Crippen LogP contribution in [-0.2, 0) is 0 Å². The Balaban J connectivity index is 2.22. The summed E-state index contributed by atoms with van der Waals surface area (Å²) in [6, 6.07) is 5.42. The number of carbonyl (C=O) groups is 1. The molecule has 6 heteroatoms. The highest BCUT2D eigenvalue weighted by Gasteiger charge is 2.30. The van der Waals surface area contributed by atoms with Crippen LogP contribution < -0.4 is 10.1 Å². The Hall–Kier alpha value is -1.27. The predicted molar refractivity (Wildman–Crippen MR) is 70.6 cm³/mol. The molecular weight excluding hydrogens is 300 g/mol. The number of aliphatic hydroxyl groups is 1. The van der Waals surface area contributed by atoms with E-state index in [1.54, 1.807) is 12.0 Å². The van der Waals surface area contributed by atoms with Gasteiger partial charge in [0.2, 0.25) is 0 Å². The van der Waals surface area contributed by atoms with Gasteiger partial charge in [0, 0.05) is 23.1 Å². The van der Waals surface area contributed by atoms with Crippen molar-refractivity contribution in [1.29, 1.82) is 0 Å². The number of halogens is 1. The molecular formula is C12H15BrN2O3. The lowest BCUT2D eigenvalue weighted by atomic mass is 10.1. The molecule has 1 aromatic carbocycles. The van der Waals surface area contributed by atoms with Gasteiger partial charge in [-0.3, -0.25) is 0 Å². The third-order valence-electron chi connectivity index (χ3n) is 2.92. The molecule has 0 aliphatic carbocycles. The number of nitrogens with zero attached hydrogens (tertiary/aromatic N) is 1. The Morgan fingerprint density at radius 1 is 1.61 bits per heavy atom. The predicted octanol–water partition coefficient (Wildman–Crippen LogP) is 1.52. The van der Waals surface area contributed by atoms with E-state index in [4.69, 9.17) is 9.84 Å². The number of rotatable bonds is 4. The van der Waals surface area contributed by atoms with Crippen molar-refractivity contribution in [3.05, 3.63) is 28.2 Å². The van der Waals surface area contributed by atoms with Crippen LogP contribution in [0.1, 0.15) is 11.6 Å². The quantitative estimate of drug-likeness (QED) is 0.885. The normalized spacial score (nSPS) is 18.9. The van der Waals surface area contributed by atoms with E-state index in [1.807, 2.05) is 18.2 Å².